The summed E-state index contributed by atoms with van der Waals surface area (Å²) in [4.78, 5) is 15.0. The van der Waals surface area contributed by atoms with Crippen molar-refractivity contribution in [3.63, 3.8) is 0 Å². The second-order valence-corrected chi connectivity index (χ2v) is 7.06. The molecule has 1 amide bonds. The van der Waals surface area contributed by atoms with E-state index < -0.39 is 0 Å². The lowest BCUT2D eigenvalue weighted by atomic mass is 10.0. The Bertz CT molecular complexity index is 962. The van der Waals surface area contributed by atoms with Crippen molar-refractivity contribution in [3.05, 3.63) is 82.1 Å². The molecule has 0 unspecified atom stereocenters. The molecule has 0 spiro atoms. The summed E-state index contributed by atoms with van der Waals surface area (Å²) in [5, 5.41) is 4.85. The molecule has 0 saturated carbocycles. The fraction of sp³-hybridized carbons (Fsp3) is 0.238. The number of amides is 1. The lowest BCUT2D eigenvalue weighted by Crippen LogP contribution is -2.29. The van der Waals surface area contributed by atoms with E-state index in [4.69, 9.17) is 16.3 Å². The molecule has 138 valence electrons. The van der Waals surface area contributed by atoms with E-state index in [2.05, 4.69) is 5.10 Å². The number of halogens is 1. The van der Waals surface area contributed by atoms with Crippen LogP contribution in [-0.4, -0.2) is 27.7 Å². The molecular formula is C21H20ClN3O2. The van der Waals surface area contributed by atoms with Crippen LogP contribution < -0.4 is 4.74 Å². The number of benzene rings is 2. The summed E-state index contributed by atoms with van der Waals surface area (Å²) in [6.45, 7) is 0.525. The number of aromatic nitrogens is 2. The predicted molar refractivity (Wildman–Crippen MR) is 104 cm³/mol. The molecule has 0 N–H and O–H groups in total. The Labute approximate surface area is 163 Å². The van der Waals surface area contributed by atoms with E-state index >= 15 is 0 Å². The van der Waals surface area contributed by atoms with Gasteiger partial charge in [-0.15, -0.1) is 0 Å². The number of carbonyl (C=O) groups is 1. The van der Waals surface area contributed by atoms with Gasteiger partial charge in [-0.2, -0.15) is 5.10 Å². The van der Waals surface area contributed by atoms with E-state index in [9.17, 15) is 4.79 Å². The van der Waals surface area contributed by atoms with Crippen molar-refractivity contribution in [1.29, 1.82) is 0 Å². The van der Waals surface area contributed by atoms with Crippen LogP contribution in [0, 0.1) is 0 Å². The van der Waals surface area contributed by atoms with Gasteiger partial charge in [0.25, 0.3) is 5.91 Å². The first-order chi connectivity index (χ1) is 13.1. The van der Waals surface area contributed by atoms with E-state index in [-0.39, 0.29) is 11.9 Å². The van der Waals surface area contributed by atoms with Gasteiger partial charge in [-0.3, -0.25) is 9.48 Å². The molecule has 5 nitrogen and oxygen atoms in total. The summed E-state index contributed by atoms with van der Waals surface area (Å²) in [6.07, 6.45) is 2.27. The Morgan fingerprint density at radius 1 is 1.15 bits per heavy atom. The minimum Gasteiger partial charge on any atom is -0.497 e. The summed E-state index contributed by atoms with van der Waals surface area (Å²) in [6, 6.07) is 15.5. The number of fused-ring (bicyclic) bond motifs is 1. The Kier molecular flexibility index (Phi) is 4.62. The quantitative estimate of drug-likeness (QED) is 0.670. The smallest absolute Gasteiger partial charge is 0.255 e. The number of ether oxygens (including phenoxy) is 1. The summed E-state index contributed by atoms with van der Waals surface area (Å²) in [5.74, 6) is 0.845. The first-order valence-electron chi connectivity index (χ1n) is 8.77. The lowest BCUT2D eigenvalue weighted by molar-refractivity contribution is 0.0708. The van der Waals surface area contributed by atoms with Crippen molar-refractivity contribution in [2.75, 3.05) is 7.11 Å². The van der Waals surface area contributed by atoms with Crippen LogP contribution in [0.3, 0.4) is 0 Å². The molecule has 0 aliphatic carbocycles. The highest BCUT2D eigenvalue weighted by atomic mass is 35.5. The van der Waals surface area contributed by atoms with Gasteiger partial charge in [0.1, 0.15) is 5.75 Å². The molecule has 1 aromatic heterocycles. The van der Waals surface area contributed by atoms with Crippen LogP contribution in [0.4, 0.5) is 0 Å². The maximum atomic E-state index is 13.1. The Morgan fingerprint density at radius 2 is 1.89 bits per heavy atom. The molecule has 27 heavy (non-hydrogen) atoms. The fourth-order valence-electron chi connectivity index (χ4n) is 3.63. The van der Waals surface area contributed by atoms with Crippen LogP contribution in [0.5, 0.6) is 5.75 Å². The third kappa shape index (κ3) is 3.19. The Hall–Kier alpha value is -2.79. The van der Waals surface area contributed by atoms with Gasteiger partial charge in [-0.25, -0.2) is 0 Å². The number of aryl methyl sites for hydroxylation is 1. The van der Waals surface area contributed by atoms with Crippen LogP contribution in [0.15, 0.2) is 54.7 Å². The molecule has 3 aromatic rings. The number of methoxy groups -OCH3 is 1. The third-order valence-corrected chi connectivity index (χ3v) is 5.41. The second kappa shape index (κ2) is 7.08. The lowest BCUT2D eigenvalue weighted by Gasteiger charge is -2.26. The number of hydrogen-bond acceptors (Lipinski definition) is 3. The fourth-order valence-corrected chi connectivity index (χ4v) is 3.87. The third-order valence-electron chi connectivity index (χ3n) is 5.10. The van der Waals surface area contributed by atoms with Gasteiger partial charge in [-0.1, -0.05) is 41.9 Å². The van der Waals surface area contributed by atoms with E-state index in [1.807, 2.05) is 60.5 Å². The normalized spacial score (nSPS) is 15.9. The van der Waals surface area contributed by atoms with Crippen molar-refractivity contribution in [1.82, 2.24) is 14.7 Å². The molecule has 1 aliphatic rings. The zero-order valence-electron chi connectivity index (χ0n) is 15.2. The molecule has 2 aromatic carbocycles. The van der Waals surface area contributed by atoms with E-state index in [1.54, 1.807) is 18.0 Å². The van der Waals surface area contributed by atoms with Gasteiger partial charge < -0.3 is 9.64 Å². The Morgan fingerprint density at radius 3 is 2.56 bits per heavy atom. The van der Waals surface area contributed by atoms with Crippen LogP contribution in [-0.2, 0) is 20.0 Å². The summed E-state index contributed by atoms with van der Waals surface area (Å²) in [7, 11) is 3.51. The van der Waals surface area contributed by atoms with E-state index in [1.165, 1.54) is 0 Å². The second-order valence-electron chi connectivity index (χ2n) is 6.65. The maximum absolute atomic E-state index is 13.1. The van der Waals surface area contributed by atoms with Crippen LogP contribution in [0.1, 0.15) is 33.2 Å². The van der Waals surface area contributed by atoms with Crippen LogP contribution in [0.2, 0.25) is 5.02 Å². The van der Waals surface area contributed by atoms with Gasteiger partial charge in [-0.05, 0) is 29.3 Å². The summed E-state index contributed by atoms with van der Waals surface area (Å²) < 4.78 is 7.00. The highest BCUT2D eigenvalue weighted by Crippen LogP contribution is 2.38. The van der Waals surface area contributed by atoms with Gasteiger partial charge in [0.2, 0.25) is 0 Å². The monoisotopic (exact) mass is 381 g/mol. The van der Waals surface area contributed by atoms with Crippen molar-refractivity contribution >= 4 is 17.5 Å². The molecule has 1 atom stereocenters. The Balaban J connectivity index is 1.68. The maximum Gasteiger partial charge on any atom is 0.255 e. The average Bonchev–Trinajstić information content (AvgIpc) is 3.15. The standard InChI is InChI=1S/C21H20ClN3O2/c1-24-20(18(22)12-23-24)11-19-16-5-3-4-6-17(16)21(26)25(19)13-14-7-9-15(27-2)10-8-14/h3-10,12,19H,11,13H2,1-2H3/t19-/m0/s1. The number of hydrogen-bond donors (Lipinski definition) is 0. The van der Waals surface area contributed by atoms with E-state index in [0.717, 1.165) is 28.1 Å². The summed E-state index contributed by atoms with van der Waals surface area (Å²) in [5.41, 5.74) is 3.77. The largest absolute Gasteiger partial charge is 0.497 e. The SMILES string of the molecule is COc1ccc(CN2C(=O)c3ccccc3[C@@H]2Cc2c(Cl)cnn2C)cc1. The molecule has 2 heterocycles. The predicted octanol–water partition coefficient (Wildman–Crippen LogP) is 4.02. The highest BCUT2D eigenvalue weighted by molar-refractivity contribution is 6.31. The molecule has 4 rings (SSSR count). The molecule has 0 radical (unpaired) electrons. The summed E-state index contributed by atoms with van der Waals surface area (Å²) >= 11 is 6.33. The van der Waals surface area contributed by atoms with Crippen molar-refractivity contribution in [3.8, 4) is 5.75 Å². The van der Waals surface area contributed by atoms with E-state index in [0.29, 0.717) is 18.0 Å². The zero-order valence-corrected chi connectivity index (χ0v) is 16.0. The molecule has 0 bridgehead atoms. The number of nitrogens with zero attached hydrogens (tertiary/aromatic N) is 3. The van der Waals surface area contributed by atoms with Crippen molar-refractivity contribution in [2.24, 2.45) is 7.05 Å². The molecular weight excluding hydrogens is 362 g/mol. The topological polar surface area (TPSA) is 47.4 Å². The highest BCUT2D eigenvalue weighted by Gasteiger charge is 2.37. The van der Waals surface area contributed by atoms with Crippen LogP contribution >= 0.6 is 11.6 Å². The molecule has 0 saturated heterocycles. The average molecular weight is 382 g/mol. The van der Waals surface area contributed by atoms with Crippen LogP contribution in [0.25, 0.3) is 0 Å². The van der Waals surface area contributed by atoms with Crippen molar-refractivity contribution in [2.45, 2.75) is 19.0 Å². The number of carbonyl (C=O) groups excluding carboxylic acids is 1. The molecule has 1 aliphatic heterocycles. The van der Waals surface area contributed by atoms with Gasteiger partial charge in [0.05, 0.1) is 30.1 Å². The first-order valence-corrected chi connectivity index (χ1v) is 9.15. The van der Waals surface area contributed by atoms with Gasteiger partial charge in [0, 0.05) is 25.6 Å². The van der Waals surface area contributed by atoms with Gasteiger partial charge in [0.15, 0.2) is 0 Å². The molecule has 0 fully saturated rings. The van der Waals surface area contributed by atoms with Gasteiger partial charge >= 0.3 is 0 Å². The zero-order chi connectivity index (χ0) is 19.0. The number of rotatable bonds is 5. The minimum absolute atomic E-state index is 0.0460. The van der Waals surface area contributed by atoms with Crippen molar-refractivity contribution < 1.29 is 9.53 Å². The minimum atomic E-state index is -0.0799. The molecule has 6 heteroatoms. The first kappa shape index (κ1) is 17.6.